The molecule has 11 nitrogen and oxygen atoms in total. The second-order valence-electron chi connectivity index (χ2n) is 4.93. The number of nitrogens with one attached hydrogen (secondary N) is 1. The number of guanidine groups is 1. The molecule has 1 aliphatic heterocycles. The van der Waals surface area contributed by atoms with Gasteiger partial charge in [0, 0.05) is 6.92 Å². The van der Waals surface area contributed by atoms with E-state index in [-0.39, 0.29) is 5.96 Å². The van der Waals surface area contributed by atoms with Crippen molar-refractivity contribution in [3.05, 3.63) is 11.8 Å². The Bertz CT molecular complexity index is 518. The summed E-state index contributed by atoms with van der Waals surface area (Å²) in [4.78, 5) is 26.3. The van der Waals surface area contributed by atoms with Gasteiger partial charge in [0.1, 0.15) is 18.3 Å². The summed E-state index contributed by atoms with van der Waals surface area (Å²) in [6.07, 6.45) is -3.65. The summed E-state index contributed by atoms with van der Waals surface area (Å²) in [5.41, 5.74) is 10.6. The summed E-state index contributed by atoms with van der Waals surface area (Å²) in [6.45, 7) is 0.391. The van der Waals surface area contributed by atoms with Gasteiger partial charge in [0.2, 0.25) is 11.7 Å². The number of aliphatic hydroxyl groups is 3. The zero-order valence-corrected chi connectivity index (χ0v) is 12.3. The maximum Gasteiger partial charge on any atom is 0.370 e. The van der Waals surface area contributed by atoms with E-state index in [0.717, 1.165) is 6.08 Å². The molecule has 0 bridgehead atoms. The molecule has 1 rings (SSSR count). The number of carbonyl (C=O) groups excluding carboxylic acids is 1. The first-order valence-corrected chi connectivity index (χ1v) is 6.62. The van der Waals surface area contributed by atoms with Crippen LogP contribution in [0.25, 0.3) is 0 Å². The second kappa shape index (κ2) is 7.76. The molecule has 130 valence electrons. The third-order valence-corrected chi connectivity index (χ3v) is 3.10. The van der Waals surface area contributed by atoms with Crippen LogP contribution in [0, 0.1) is 0 Å². The van der Waals surface area contributed by atoms with E-state index in [1.54, 1.807) is 0 Å². The molecular formula is C12H20N4O7. The molecule has 0 aromatic carbocycles. The Morgan fingerprint density at radius 1 is 1.43 bits per heavy atom. The number of aliphatic imine (C=N–C) groups is 1. The monoisotopic (exact) mass is 332 g/mol. The van der Waals surface area contributed by atoms with Crippen molar-refractivity contribution in [3.8, 4) is 0 Å². The molecule has 11 heteroatoms. The molecule has 1 amide bonds. The van der Waals surface area contributed by atoms with Crippen LogP contribution in [0.4, 0.5) is 0 Å². The van der Waals surface area contributed by atoms with Crippen molar-refractivity contribution in [2.24, 2.45) is 16.5 Å². The number of carbonyl (C=O) groups is 2. The lowest BCUT2D eigenvalue weighted by molar-refractivity contribution is -0.145. The average Bonchev–Trinajstić information content (AvgIpc) is 2.45. The molecule has 23 heavy (non-hydrogen) atoms. The Morgan fingerprint density at radius 3 is 2.48 bits per heavy atom. The Hall–Kier alpha value is -2.37. The van der Waals surface area contributed by atoms with E-state index in [2.05, 4.69) is 10.3 Å². The highest BCUT2D eigenvalue weighted by Crippen LogP contribution is 2.24. The van der Waals surface area contributed by atoms with E-state index in [0.29, 0.717) is 0 Å². The molecule has 0 radical (unpaired) electrons. The molecule has 5 atom stereocenters. The van der Waals surface area contributed by atoms with Gasteiger partial charge in [-0.05, 0) is 6.08 Å². The molecule has 4 unspecified atom stereocenters. The van der Waals surface area contributed by atoms with E-state index in [9.17, 15) is 19.8 Å². The van der Waals surface area contributed by atoms with Crippen LogP contribution in [0.3, 0.4) is 0 Å². The van der Waals surface area contributed by atoms with Gasteiger partial charge < -0.3 is 41.9 Å². The molecular weight excluding hydrogens is 312 g/mol. The minimum absolute atomic E-state index is 0.371. The highest BCUT2D eigenvalue weighted by atomic mass is 16.5. The lowest BCUT2D eigenvalue weighted by Crippen LogP contribution is -2.59. The Labute approximate surface area is 131 Å². The number of aliphatic hydroxyl groups excluding tert-OH is 3. The van der Waals surface area contributed by atoms with Crippen molar-refractivity contribution in [2.75, 3.05) is 6.61 Å². The van der Waals surface area contributed by atoms with Crippen molar-refractivity contribution >= 4 is 17.8 Å². The van der Waals surface area contributed by atoms with E-state index in [4.69, 9.17) is 26.4 Å². The van der Waals surface area contributed by atoms with Gasteiger partial charge in [0.05, 0.1) is 18.7 Å². The number of nitrogens with two attached hydrogens (primary N) is 2. The van der Waals surface area contributed by atoms with Crippen LogP contribution in [-0.2, 0) is 14.3 Å². The maximum absolute atomic E-state index is 11.4. The van der Waals surface area contributed by atoms with Gasteiger partial charge in [-0.1, -0.05) is 0 Å². The summed E-state index contributed by atoms with van der Waals surface area (Å²) >= 11 is 0. The fourth-order valence-electron chi connectivity index (χ4n) is 2.14. The van der Waals surface area contributed by atoms with Gasteiger partial charge in [-0.3, -0.25) is 4.79 Å². The first-order valence-electron chi connectivity index (χ1n) is 6.62. The van der Waals surface area contributed by atoms with E-state index >= 15 is 0 Å². The lowest BCUT2D eigenvalue weighted by atomic mass is 9.92. The summed E-state index contributed by atoms with van der Waals surface area (Å²) in [5.74, 6) is -2.89. The lowest BCUT2D eigenvalue weighted by Gasteiger charge is -2.38. The molecule has 0 aromatic rings. The summed E-state index contributed by atoms with van der Waals surface area (Å²) < 4.78 is 5.13. The predicted molar refractivity (Wildman–Crippen MR) is 76.9 cm³/mol. The molecule has 0 saturated heterocycles. The predicted octanol–water partition coefficient (Wildman–Crippen LogP) is -3.79. The first-order chi connectivity index (χ1) is 10.7. The standard InChI is InChI=1S/C12H20N4O7/c1-4(18)15-8-5(16-12(13)14)2-7(11(21)22)23-10(8)9(20)6(19)3-17/h2,5-6,8-10,17,19-20H,3H2,1H3,(H,15,18)(H,21,22)(H4,13,14,16)/t5-,6?,8?,9?,10?/m0/s1. The van der Waals surface area contributed by atoms with Crippen LogP contribution in [-0.4, -0.2) is 75.3 Å². The van der Waals surface area contributed by atoms with E-state index in [1.807, 2.05) is 0 Å². The fourth-order valence-corrected chi connectivity index (χ4v) is 2.14. The van der Waals surface area contributed by atoms with Crippen molar-refractivity contribution in [3.63, 3.8) is 0 Å². The molecule has 9 N–H and O–H groups in total. The van der Waals surface area contributed by atoms with Crippen LogP contribution in [0.15, 0.2) is 16.8 Å². The first kappa shape index (κ1) is 18.7. The van der Waals surface area contributed by atoms with Crippen LogP contribution < -0.4 is 16.8 Å². The molecule has 1 aliphatic rings. The van der Waals surface area contributed by atoms with Crippen molar-refractivity contribution < 1.29 is 34.8 Å². The quantitative estimate of drug-likeness (QED) is 0.188. The average molecular weight is 332 g/mol. The van der Waals surface area contributed by atoms with Gasteiger partial charge >= 0.3 is 5.97 Å². The van der Waals surface area contributed by atoms with Gasteiger partial charge in [0.25, 0.3) is 0 Å². The topological polar surface area (TPSA) is 201 Å². The Balaban J connectivity index is 3.28. The van der Waals surface area contributed by atoms with E-state index in [1.165, 1.54) is 6.92 Å². The molecule has 0 aliphatic carbocycles. The number of carboxylic acid groups (broad SMARTS) is 1. The largest absolute Gasteiger partial charge is 0.478 e. The fraction of sp³-hybridized carbons (Fsp3) is 0.583. The molecule has 1 heterocycles. The van der Waals surface area contributed by atoms with Crippen molar-refractivity contribution in [1.29, 1.82) is 0 Å². The highest BCUT2D eigenvalue weighted by molar-refractivity contribution is 5.85. The minimum atomic E-state index is -1.70. The second-order valence-corrected chi connectivity index (χ2v) is 4.93. The Morgan fingerprint density at radius 2 is 2.04 bits per heavy atom. The number of hydrogen-bond donors (Lipinski definition) is 7. The van der Waals surface area contributed by atoms with Crippen molar-refractivity contribution in [1.82, 2.24) is 5.32 Å². The number of rotatable bonds is 6. The third-order valence-electron chi connectivity index (χ3n) is 3.10. The zero-order valence-electron chi connectivity index (χ0n) is 12.3. The summed E-state index contributed by atoms with van der Waals surface area (Å²) in [6, 6.07) is -2.11. The number of ether oxygens (including phenoxy) is 1. The number of carboxylic acids is 1. The van der Waals surface area contributed by atoms with Gasteiger partial charge in [-0.15, -0.1) is 0 Å². The molecule has 0 spiro atoms. The summed E-state index contributed by atoms with van der Waals surface area (Å²) in [5, 5.41) is 40.1. The van der Waals surface area contributed by atoms with Crippen molar-refractivity contribution in [2.45, 2.75) is 37.3 Å². The van der Waals surface area contributed by atoms with Gasteiger partial charge in [-0.2, -0.15) is 0 Å². The van der Waals surface area contributed by atoms with Crippen LogP contribution in [0.2, 0.25) is 0 Å². The highest BCUT2D eigenvalue weighted by Gasteiger charge is 2.43. The third kappa shape index (κ3) is 4.81. The smallest absolute Gasteiger partial charge is 0.370 e. The maximum atomic E-state index is 11.4. The summed E-state index contributed by atoms with van der Waals surface area (Å²) in [7, 11) is 0. The van der Waals surface area contributed by atoms with E-state index < -0.39 is 54.6 Å². The van der Waals surface area contributed by atoms with Crippen LogP contribution >= 0.6 is 0 Å². The zero-order chi connectivity index (χ0) is 17.7. The number of hydrogen-bond acceptors (Lipinski definition) is 7. The SMILES string of the molecule is CC(=O)NC1C(C(O)C(O)CO)OC(C(=O)O)=C[C@@H]1N=C(N)N. The number of amides is 1. The molecule has 0 fully saturated rings. The van der Waals surface area contributed by atoms with Gasteiger partial charge in [-0.25, -0.2) is 9.79 Å². The molecule has 0 saturated carbocycles. The Kier molecular flexibility index (Phi) is 6.30. The van der Waals surface area contributed by atoms with Crippen LogP contribution in [0.5, 0.6) is 0 Å². The van der Waals surface area contributed by atoms with Gasteiger partial charge in [0.15, 0.2) is 5.96 Å². The normalized spacial score (nSPS) is 26.3. The number of nitrogens with zero attached hydrogens (tertiary/aromatic N) is 1. The molecule has 0 aromatic heterocycles. The minimum Gasteiger partial charge on any atom is -0.478 e. The number of aliphatic carboxylic acids is 1. The van der Waals surface area contributed by atoms with Crippen LogP contribution in [0.1, 0.15) is 6.92 Å².